The minimum Gasteiger partial charge on any atom is -0.361 e. The summed E-state index contributed by atoms with van der Waals surface area (Å²) in [7, 11) is 0. The number of nitrogens with zero attached hydrogens (tertiary/aromatic N) is 1. The third kappa shape index (κ3) is 4.47. The fourth-order valence-corrected chi connectivity index (χ4v) is 2.58. The first-order chi connectivity index (χ1) is 11.5. The Balaban J connectivity index is 1.77. The van der Waals surface area contributed by atoms with E-state index in [0.717, 1.165) is 16.5 Å². The summed E-state index contributed by atoms with van der Waals surface area (Å²) in [6.07, 6.45) is 2.43. The Bertz CT molecular complexity index is 710. The van der Waals surface area contributed by atoms with Gasteiger partial charge in [-0.2, -0.15) is 0 Å². The van der Waals surface area contributed by atoms with Crippen LogP contribution in [0.15, 0.2) is 24.4 Å². The molecule has 7 heteroatoms. The van der Waals surface area contributed by atoms with Gasteiger partial charge in [-0.25, -0.2) is 9.18 Å². The largest absolute Gasteiger partial charge is 0.361 e. The number of fused-ring (bicyclic) bond motifs is 1. The number of aromatic nitrogens is 1. The molecule has 0 bridgehead atoms. The second-order valence-electron chi connectivity index (χ2n) is 5.43. The molecule has 3 N–H and O–H groups in total. The van der Waals surface area contributed by atoms with Crippen LogP contribution in [-0.4, -0.2) is 48.0 Å². The number of carbonyl (C=O) groups is 2. The summed E-state index contributed by atoms with van der Waals surface area (Å²) in [5, 5.41) is 6.22. The van der Waals surface area contributed by atoms with Crippen molar-refractivity contribution in [2.75, 3.05) is 26.2 Å². The Morgan fingerprint density at radius 2 is 1.96 bits per heavy atom. The first-order valence-electron chi connectivity index (χ1n) is 8.10. The number of hydrogen-bond acceptors (Lipinski definition) is 2. The molecule has 0 unspecified atom stereocenters. The Morgan fingerprint density at radius 1 is 1.21 bits per heavy atom. The van der Waals surface area contributed by atoms with Crippen molar-refractivity contribution in [3.05, 3.63) is 35.8 Å². The van der Waals surface area contributed by atoms with E-state index in [9.17, 15) is 14.0 Å². The Kier molecular flexibility index (Phi) is 6.17. The van der Waals surface area contributed by atoms with Gasteiger partial charge in [-0.05, 0) is 44.0 Å². The highest BCUT2D eigenvalue weighted by Gasteiger charge is 2.11. The van der Waals surface area contributed by atoms with Crippen molar-refractivity contribution < 1.29 is 14.0 Å². The average Bonchev–Trinajstić information content (AvgIpc) is 2.96. The van der Waals surface area contributed by atoms with Crippen molar-refractivity contribution >= 4 is 22.8 Å². The summed E-state index contributed by atoms with van der Waals surface area (Å²) in [6.45, 7) is 5.46. The van der Waals surface area contributed by atoms with Gasteiger partial charge in [0.2, 0.25) is 5.91 Å². The molecule has 1 aromatic carbocycles. The summed E-state index contributed by atoms with van der Waals surface area (Å²) in [6, 6.07) is 4.21. The molecule has 0 aliphatic heterocycles. The Hall–Kier alpha value is -2.57. The van der Waals surface area contributed by atoms with Gasteiger partial charge >= 0.3 is 6.03 Å². The molecule has 0 aliphatic carbocycles. The van der Waals surface area contributed by atoms with Crippen LogP contribution in [0.2, 0.25) is 0 Å². The molecule has 6 nitrogen and oxygen atoms in total. The van der Waals surface area contributed by atoms with Gasteiger partial charge in [0.15, 0.2) is 0 Å². The third-order valence-electron chi connectivity index (χ3n) is 3.93. The summed E-state index contributed by atoms with van der Waals surface area (Å²) in [5.41, 5.74) is 1.74. The van der Waals surface area contributed by atoms with Crippen molar-refractivity contribution in [1.29, 1.82) is 0 Å². The number of urea groups is 1. The molecule has 24 heavy (non-hydrogen) atoms. The highest BCUT2D eigenvalue weighted by molar-refractivity contribution is 5.84. The van der Waals surface area contributed by atoms with E-state index in [0.29, 0.717) is 26.1 Å². The first kappa shape index (κ1) is 17.8. The number of nitrogens with one attached hydrogen (secondary N) is 3. The molecule has 1 aromatic heterocycles. The maximum atomic E-state index is 13.1. The van der Waals surface area contributed by atoms with Gasteiger partial charge in [-0.15, -0.1) is 0 Å². The molecule has 0 spiro atoms. The predicted molar refractivity (Wildman–Crippen MR) is 91.3 cm³/mol. The summed E-state index contributed by atoms with van der Waals surface area (Å²) in [4.78, 5) is 28.2. The number of amides is 3. The van der Waals surface area contributed by atoms with Crippen LogP contribution in [-0.2, 0) is 11.2 Å². The summed E-state index contributed by atoms with van der Waals surface area (Å²) < 4.78 is 13.1. The van der Waals surface area contributed by atoms with Crippen molar-refractivity contribution in [3.8, 4) is 0 Å². The van der Waals surface area contributed by atoms with Crippen molar-refractivity contribution in [2.24, 2.45) is 0 Å². The van der Waals surface area contributed by atoms with E-state index in [1.165, 1.54) is 12.1 Å². The molecule has 3 amide bonds. The molecule has 0 aliphatic rings. The number of aromatic amines is 1. The van der Waals surface area contributed by atoms with Gasteiger partial charge in [0, 0.05) is 36.7 Å². The standard InChI is InChI=1S/C17H23FN4O2/c1-3-22(4-2)16(23)11-21-17(24)19-8-7-12-10-20-15-9-13(18)5-6-14(12)15/h5-6,9-10,20H,3-4,7-8,11H2,1-2H3,(H2,19,21,24). The summed E-state index contributed by atoms with van der Waals surface area (Å²) >= 11 is 0. The summed E-state index contributed by atoms with van der Waals surface area (Å²) in [5.74, 6) is -0.389. The van der Waals surface area contributed by atoms with E-state index in [4.69, 9.17) is 0 Å². The molecule has 130 valence electrons. The number of hydrogen-bond donors (Lipinski definition) is 3. The van der Waals surface area contributed by atoms with Crippen molar-refractivity contribution in [2.45, 2.75) is 20.3 Å². The Labute approximate surface area is 140 Å². The topological polar surface area (TPSA) is 77.2 Å². The zero-order valence-electron chi connectivity index (χ0n) is 14.0. The zero-order chi connectivity index (χ0) is 17.5. The molecular formula is C17H23FN4O2. The van der Waals surface area contributed by atoms with E-state index in [2.05, 4.69) is 15.6 Å². The average molecular weight is 334 g/mol. The number of carbonyl (C=O) groups excluding carboxylic acids is 2. The van der Waals surface area contributed by atoms with Gasteiger partial charge in [0.05, 0.1) is 6.54 Å². The van der Waals surface area contributed by atoms with Crippen LogP contribution in [0.3, 0.4) is 0 Å². The molecule has 0 radical (unpaired) electrons. The molecule has 0 atom stereocenters. The van der Waals surface area contributed by atoms with E-state index in [1.54, 1.807) is 11.0 Å². The number of rotatable bonds is 7. The molecule has 0 fully saturated rings. The van der Waals surface area contributed by atoms with E-state index < -0.39 is 0 Å². The molecule has 0 saturated carbocycles. The third-order valence-corrected chi connectivity index (χ3v) is 3.93. The van der Waals surface area contributed by atoms with Crippen LogP contribution in [0, 0.1) is 5.82 Å². The van der Waals surface area contributed by atoms with Crippen LogP contribution in [0.4, 0.5) is 9.18 Å². The smallest absolute Gasteiger partial charge is 0.315 e. The van der Waals surface area contributed by atoms with E-state index in [1.807, 2.05) is 20.0 Å². The Morgan fingerprint density at radius 3 is 2.67 bits per heavy atom. The second-order valence-corrected chi connectivity index (χ2v) is 5.43. The minimum atomic E-state index is -0.374. The van der Waals surface area contributed by atoms with Gasteiger partial charge in [0.25, 0.3) is 0 Å². The van der Waals surface area contributed by atoms with Crippen LogP contribution in [0.5, 0.6) is 0 Å². The molecule has 2 rings (SSSR count). The lowest BCUT2D eigenvalue weighted by molar-refractivity contribution is -0.129. The van der Waals surface area contributed by atoms with Crippen LogP contribution in [0.25, 0.3) is 10.9 Å². The van der Waals surface area contributed by atoms with E-state index in [-0.39, 0.29) is 24.3 Å². The molecule has 1 heterocycles. The van der Waals surface area contributed by atoms with Crippen molar-refractivity contribution in [3.63, 3.8) is 0 Å². The zero-order valence-corrected chi connectivity index (χ0v) is 14.0. The SMILES string of the molecule is CCN(CC)C(=O)CNC(=O)NCCc1c[nH]c2cc(F)ccc12. The number of halogens is 1. The molecular weight excluding hydrogens is 311 g/mol. The van der Waals surface area contributed by atoms with Crippen LogP contribution in [0.1, 0.15) is 19.4 Å². The fourth-order valence-electron chi connectivity index (χ4n) is 2.58. The first-order valence-corrected chi connectivity index (χ1v) is 8.10. The lowest BCUT2D eigenvalue weighted by Crippen LogP contribution is -2.44. The monoisotopic (exact) mass is 334 g/mol. The van der Waals surface area contributed by atoms with Gasteiger partial charge in [0.1, 0.15) is 5.82 Å². The maximum absolute atomic E-state index is 13.1. The lowest BCUT2D eigenvalue weighted by Gasteiger charge is -2.18. The predicted octanol–water partition coefficient (Wildman–Crippen LogP) is 2.02. The molecule has 2 aromatic rings. The van der Waals surface area contributed by atoms with Gasteiger partial charge in [-0.3, -0.25) is 4.79 Å². The van der Waals surface area contributed by atoms with Crippen LogP contribution >= 0.6 is 0 Å². The quantitative estimate of drug-likeness (QED) is 0.724. The molecule has 0 saturated heterocycles. The number of likely N-dealkylation sites (N-methyl/N-ethyl adjacent to an activating group) is 1. The van der Waals surface area contributed by atoms with Crippen LogP contribution < -0.4 is 10.6 Å². The van der Waals surface area contributed by atoms with Crippen molar-refractivity contribution in [1.82, 2.24) is 20.5 Å². The minimum absolute atomic E-state index is 0.0140. The highest BCUT2D eigenvalue weighted by atomic mass is 19.1. The number of benzene rings is 1. The maximum Gasteiger partial charge on any atom is 0.315 e. The van der Waals surface area contributed by atoms with Gasteiger partial charge < -0.3 is 20.5 Å². The van der Waals surface area contributed by atoms with Gasteiger partial charge in [-0.1, -0.05) is 0 Å². The number of H-pyrrole nitrogens is 1. The lowest BCUT2D eigenvalue weighted by atomic mass is 10.1. The fraction of sp³-hybridized carbons (Fsp3) is 0.412. The normalized spacial score (nSPS) is 10.6. The second kappa shape index (κ2) is 8.33. The van der Waals surface area contributed by atoms with E-state index >= 15 is 0 Å². The highest BCUT2D eigenvalue weighted by Crippen LogP contribution is 2.19.